The normalized spacial score (nSPS) is 34.0. The van der Waals surface area contributed by atoms with Gasteiger partial charge in [-0.2, -0.15) is 17.0 Å². The molecule has 0 aromatic heterocycles. The van der Waals surface area contributed by atoms with E-state index < -0.39 is 10.2 Å². The Labute approximate surface area is 117 Å². The van der Waals surface area contributed by atoms with Gasteiger partial charge in [0.1, 0.15) is 0 Å². The molecule has 0 aromatic carbocycles. The predicted molar refractivity (Wildman–Crippen MR) is 77.1 cm³/mol. The maximum Gasteiger partial charge on any atom is 0.282 e. The van der Waals surface area contributed by atoms with Crippen LogP contribution in [0.1, 0.15) is 33.6 Å². The number of nitrogens with one attached hydrogen (secondary N) is 1. The van der Waals surface area contributed by atoms with Gasteiger partial charge in [-0.25, -0.2) is 0 Å². The molecule has 0 bridgehead atoms. The fourth-order valence-electron chi connectivity index (χ4n) is 3.44. The summed E-state index contributed by atoms with van der Waals surface area (Å²) in [5.41, 5.74) is 0. The molecule has 2 heterocycles. The highest BCUT2D eigenvalue weighted by Crippen LogP contribution is 2.26. The standard InChI is InChI=1S/C13H27N3O2S/c1-4-16(13-5-6-14-8-13)19(17,18)15-9-11(2)7-12(3)10-15/h11-14H,4-10H2,1-3H3. The first-order chi connectivity index (χ1) is 8.95. The molecule has 2 fully saturated rings. The van der Waals surface area contributed by atoms with E-state index in [1.165, 1.54) is 0 Å². The molecule has 1 N–H and O–H groups in total. The van der Waals surface area contributed by atoms with Crippen molar-refractivity contribution < 1.29 is 8.42 Å². The second-order valence-corrected chi connectivity index (χ2v) is 8.00. The first-order valence-corrected chi connectivity index (χ1v) is 8.82. The van der Waals surface area contributed by atoms with E-state index in [0.717, 1.165) is 25.9 Å². The molecule has 19 heavy (non-hydrogen) atoms. The van der Waals surface area contributed by atoms with Gasteiger partial charge in [0, 0.05) is 32.2 Å². The van der Waals surface area contributed by atoms with Gasteiger partial charge in [-0.15, -0.1) is 0 Å². The van der Waals surface area contributed by atoms with Gasteiger partial charge in [0.25, 0.3) is 10.2 Å². The average Bonchev–Trinajstić information content (AvgIpc) is 2.82. The summed E-state index contributed by atoms with van der Waals surface area (Å²) in [7, 11) is -3.30. The van der Waals surface area contributed by atoms with Crippen molar-refractivity contribution in [1.82, 2.24) is 13.9 Å². The maximum absolute atomic E-state index is 12.8. The van der Waals surface area contributed by atoms with Gasteiger partial charge in [-0.3, -0.25) is 0 Å². The van der Waals surface area contributed by atoms with Crippen molar-refractivity contribution in [3.63, 3.8) is 0 Å². The topological polar surface area (TPSA) is 52.7 Å². The number of piperidine rings is 1. The van der Waals surface area contributed by atoms with E-state index in [0.29, 0.717) is 31.5 Å². The average molecular weight is 289 g/mol. The summed E-state index contributed by atoms with van der Waals surface area (Å²) in [6.45, 7) is 9.83. The first-order valence-electron chi connectivity index (χ1n) is 7.42. The largest absolute Gasteiger partial charge is 0.315 e. The smallest absolute Gasteiger partial charge is 0.282 e. The zero-order chi connectivity index (χ0) is 14.0. The van der Waals surface area contributed by atoms with Crippen molar-refractivity contribution in [3.8, 4) is 0 Å². The highest BCUT2D eigenvalue weighted by molar-refractivity contribution is 7.86. The molecule has 6 heteroatoms. The van der Waals surface area contributed by atoms with Crippen LogP contribution in [0.15, 0.2) is 0 Å². The zero-order valence-corrected chi connectivity index (χ0v) is 13.1. The van der Waals surface area contributed by atoms with Gasteiger partial charge >= 0.3 is 0 Å². The molecule has 2 rings (SSSR count). The maximum atomic E-state index is 12.8. The van der Waals surface area contributed by atoms with E-state index in [1.54, 1.807) is 8.61 Å². The van der Waals surface area contributed by atoms with E-state index in [-0.39, 0.29) is 6.04 Å². The number of nitrogens with zero attached hydrogens (tertiary/aromatic N) is 2. The monoisotopic (exact) mass is 289 g/mol. The van der Waals surface area contributed by atoms with Crippen LogP contribution in [-0.2, 0) is 10.2 Å². The molecule has 2 aliphatic heterocycles. The Bertz CT molecular complexity index is 383. The van der Waals surface area contributed by atoms with Gasteiger partial charge in [0.15, 0.2) is 0 Å². The van der Waals surface area contributed by atoms with Crippen LogP contribution in [-0.4, -0.2) is 55.8 Å². The molecule has 2 saturated heterocycles. The van der Waals surface area contributed by atoms with Gasteiger partial charge in [0.05, 0.1) is 0 Å². The SMILES string of the molecule is CCN(C1CCNC1)S(=O)(=O)N1CC(C)CC(C)C1. The van der Waals surface area contributed by atoms with E-state index in [1.807, 2.05) is 6.92 Å². The van der Waals surface area contributed by atoms with Crippen molar-refractivity contribution in [2.45, 2.75) is 39.7 Å². The lowest BCUT2D eigenvalue weighted by Gasteiger charge is -2.38. The van der Waals surface area contributed by atoms with E-state index in [4.69, 9.17) is 0 Å². The Morgan fingerprint density at radius 2 is 1.89 bits per heavy atom. The summed E-state index contributed by atoms with van der Waals surface area (Å²) in [5, 5.41) is 3.26. The highest BCUT2D eigenvalue weighted by Gasteiger charge is 2.38. The van der Waals surface area contributed by atoms with Gasteiger partial charge in [-0.05, 0) is 31.2 Å². The quantitative estimate of drug-likeness (QED) is 0.836. The third-order valence-corrected chi connectivity index (χ3v) is 6.31. The summed E-state index contributed by atoms with van der Waals surface area (Å²) in [5.74, 6) is 0.915. The van der Waals surface area contributed by atoms with Crippen LogP contribution in [0, 0.1) is 11.8 Å². The number of likely N-dealkylation sites (N-methyl/N-ethyl adjacent to an activating group) is 1. The third kappa shape index (κ3) is 3.29. The lowest BCUT2D eigenvalue weighted by atomic mass is 9.94. The van der Waals surface area contributed by atoms with E-state index in [2.05, 4.69) is 19.2 Å². The molecule has 0 amide bonds. The second-order valence-electron chi connectivity index (χ2n) is 6.12. The number of hydrogen-bond donors (Lipinski definition) is 1. The number of rotatable bonds is 4. The minimum Gasteiger partial charge on any atom is -0.315 e. The van der Waals surface area contributed by atoms with Gasteiger partial charge in [-0.1, -0.05) is 20.8 Å². The molecular weight excluding hydrogens is 262 g/mol. The van der Waals surface area contributed by atoms with Crippen molar-refractivity contribution in [3.05, 3.63) is 0 Å². The molecule has 0 radical (unpaired) electrons. The molecule has 0 saturated carbocycles. The fraction of sp³-hybridized carbons (Fsp3) is 1.00. The van der Waals surface area contributed by atoms with Crippen molar-refractivity contribution in [2.75, 3.05) is 32.7 Å². The first kappa shape index (κ1) is 15.2. The molecule has 5 nitrogen and oxygen atoms in total. The summed E-state index contributed by atoms with van der Waals surface area (Å²) >= 11 is 0. The summed E-state index contributed by atoms with van der Waals surface area (Å²) in [6, 6.07) is 0.127. The van der Waals surface area contributed by atoms with Crippen molar-refractivity contribution >= 4 is 10.2 Å². The third-order valence-electron chi connectivity index (χ3n) is 4.21. The predicted octanol–water partition coefficient (Wildman–Crippen LogP) is 0.893. The molecule has 2 aliphatic rings. The van der Waals surface area contributed by atoms with Gasteiger partial charge in [0.2, 0.25) is 0 Å². The molecule has 0 spiro atoms. The lowest BCUT2D eigenvalue weighted by Crippen LogP contribution is -2.52. The molecular formula is C13H27N3O2S. The van der Waals surface area contributed by atoms with Crippen molar-refractivity contribution in [2.24, 2.45) is 11.8 Å². The van der Waals surface area contributed by atoms with Crippen LogP contribution < -0.4 is 5.32 Å². The Morgan fingerprint density at radius 3 is 2.37 bits per heavy atom. The summed E-state index contributed by atoms with van der Waals surface area (Å²) < 4.78 is 29.0. The molecule has 3 atom stereocenters. The zero-order valence-electron chi connectivity index (χ0n) is 12.3. The lowest BCUT2D eigenvalue weighted by molar-refractivity contribution is 0.203. The molecule has 112 valence electrons. The van der Waals surface area contributed by atoms with Crippen LogP contribution in [0.5, 0.6) is 0 Å². The van der Waals surface area contributed by atoms with Crippen LogP contribution in [0.3, 0.4) is 0 Å². The van der Waals surface area contributed by atoms with Gasteiger partial charge < -0.3 is 5.32 Å². The summed E-state index contributed by atoms with van der Waals surface area (Å²) in [6.07, 6.45) is 2.05. The summed E-state index contributed by atoms with van der Waals surface area (Å²) in [4.78, 5) is 0. The minimum atomic E-state index is -3.30. The van der Waals surface area contributed by atoms with Crippen LogP contribution in [0.4, 0.5) is 0 Å². The van der Waals surface area contributed by atoms with Crippen LogP contribution >= 0.6 is 0 Å². The Morgan fingerprint density at radius 1 is 1.26 bits per heavy atom. The minimum absolute atomic E-state index is 0.127. The fourth-order valence-corrected chi connectivity index (χ4v) is 5.50. The Kier molecular flexibility index (Phi) is 4.87. The Hall–Kier alpha value is -0.170. The highest BCUT2D eigenvalue weighted by atomic mass is 32.2. The van der Waals surface area contributed by atoms with Crippen molar-refractivity contribution in [1.29, 1.82) is 0 Å². The van der Waals surface area contributed by atoms with Crippen LogP contribution in [0.25, 0.3) is 0 Å². The van der Waals surface area contributed by atoms with E-state index in [9.17, 15) is 8.42 Å². The molecule has 0 aliphatic carbocycles. The molecule has 3 unspecified atom stereocenters. The van der Waals surface area contributed by atoms with Crippen LogP contribution in [0.2, 0.25) is 0 Å². The molecule has 0 aromatic rings. The number of hydrogen-bond acceptors (Lipinski definition) is 3. The second kappa shape index (κ2) is 6.08. The van der Waals surface area contributed by atoms with E-state index >= 15 is 0 Å². The Balaban J connectivity index is 2.14.